The van der Waals surface area contributed by atoms with Gasteiger partial charge in [-0.3, -0.25) is 19.5 Å². The minimum atomic E-state index is -0.986. The number of nitrogens with zero attached hydrogens (tertiary/aromatic N) is 2. The fourth-order valence-electron chi connectivity index (χ4n) is 2.27. The van der Waals surface area contributed by atoms with Crippen LogP contribution in [0.4, 0.5) is 5.69 Å². The molecule has 1 aromatic heterocycles. The van der Waals surface area contributed by atoms with Gasteiger partial charge in [0.25, 0.3) is 0 Å². The van der Waals surface area contributed by atoms with Crippen molar-refractivity contribution < 1.29 is 19.4 Å². The van der Waals surface area contributed by atoms with Crippen LogP contribution in [0, 0.1) is 0 Å². The van der Waals surface area contributed by atoms with Crippen LogP contribution in [-0.4, -0.2) is 58.2 Å². The molecule has 1 fully saturated rings. The van der Waals surface area contributed by atoms with Gasteiger partial charge in [-0.05, 0) is 26.0 Å². The van der Waals surface area contributed by atoms with E-state index in [1.807, 2.05) is 13.8 Å². The number of pyridine rings is 1. The van der Waals surface area contributed by atoms with E-state index in [9.17, 15) is 14.7 Å². The summed E-state index contributed by atoms with van der Waals surface area (Å²) in [7, 11) is 0. The molecule has 0 aromatic carbocycles. The SMILES string of the molecule is CC1(C)CN(CC(=O)Nc2cccnc2)[C@H](C(=O)O)CO1. The van der Waals surface area contributed by atoms with E-state index in [-0.39, 0.29) is 19.1 Å². The van der Waals surface area contributed by atoms with Crippen LogP contribution in [0.5, 0.6) is 0 Å². The third-order valence-corrected chi connectivity index (χ3v) is 3.23. The molecule has 1 aliphatic heterocycles. The number of nitrogens with one attached hydrogen (secondary N) is 1. The van der Waals surface area contributed by atoms with Crippen molar-refractivity contribution in [3.05, 3.63) is 24.5 Å². The summed E-state index contributed by atoms with van der Waals surface area (Å²) >= 11 is 0. The second kappa shape index (κ2) is 6.19. The zero-order chi connectivity index (χ0) is 15.5. The maximum atomic E-state index is 12.0. The third kappa shape index (κ3) is 4.24. The first-order valence-electron chi connectivity index (χ1n) is 6.68. The highest BCUT2D eigenvalue weighted by Crippen LogP contribution is 2.20. The summed E-state index contributed by atoms with van der Waals surface area (Å²) in [5.74, 6) is -1.26. The van der Waals surface area contributed by atoms with E-state index in [2.05, 4.69) is 10.3 Å². The van der Waals surface area contributed by atoms with Gasteiger partial charge in [0.15, 0.2) is 0 Å². The van der Waals surface area contributed by atoms with Crippen molar-refractivity contribution >= 4 is 17.6 Å². The van der Waals surface area contributed by atoms with Crippen LogP contribution in [0.15, 0.2) is 24.5 Å². The number of morpholine rings is 1. The lowest BCUT2D eigenvalue weighted by Gasteiger charge is -2.41. The van der Waals surface area contributed by atoms with Crippen LogP contribution < -0.4 is 5.32 Å². The molecule has 0 aliphatic carbocycles. The standard InChI is InChI=1S/C14H19N3O4/c1-14(2)9-17(11(8-21-14)13(19)20)7-12(18)16-10-4-3-5-15-6-10/h3-6,11H,7-9H2,1-2H3,(H,16,18)(H,19,20)/t11-/m0/s1. The molecule has 0 saturated carbocycles. The quantitative estimate of drug-likeness (QED) is 0.844. The molecule has 0 radical (unpaired) electrons. The molecule has 7 nitrogen and oxygen atoms in total. The number of ether oxygens (including phenoxy) is 1. The molecule has 2 N–H and O–H groups in total. The van der Waals surface area contributed by atoms with Gasteiger partial charge in [0, 0.05) is 12.7 Å². The Hall–Kier alpha value is -1.99. The number of anilines is 1. The van der Waals surface area contributed by atoms with Crippen molar-refractivity contribution in [2.45, 2.75) is 25.5 Å². The molecule has 21 heavy (non-hydrogen) atoms. The Bertz CT molecular complexity index is 518. The predicted molar refractivity (Wildman–Crippen MR) is 75.9 cm³/mol. The molecule has 1 atom stereocenters. The molecule has 1 saturated heterocycles. The summed E-state index contributed by atoms with van der Waals surface area (Å²) in [6.07, 6.45) is 3.15. The molecule has 2 heterocycles. The lowest BCUT2D eigenvalue weighted by atomic mass is 10.0. The number of carbonyl (C=O) groups is 2. The maximum absolute atomic E-state index is 12.0. The van der Waals surface area contributed by atoms with E-state index >= 15 is 0 Å². The van der Waals surface area contributed by atoms with Crippen molar-refractivity contribution in [1.29, 1.82) is 0 Å². The van der Waals surface area contributed by atoms with Crippen LogP contribution in [0.2, 0.25) is 0 Å². The van der Waals surface area contributed by atoms with Gasteiger partial charge < -0.3 is 15.2 Å². The number of carboxylic acids is 1. The van der Waals surface area contributed by atoms with E-state index < -0.39 is 17.6 Å². The smallest absolute Gasteiger partial charge is 0.323 e. The largest absolute Gasteiger partial charge is 0.480 e. The van der Waals surface area contributed by atoms with Gasteiger partial charge in [-0.25, -0.2) is 0 Å². The van der Waals surface area contributed by atoms with E-state index in [0.29, 0.717) is 12.2 Å². The first-order valence-corrected chi connectivity index (χ1v) is 6.68. The highest BCUT2D eigenvalue weighted by atomic mass is 16.5. The van der Waals surface area contributed by atoms with Gasteiger partial charge in [-0.15, -0.1) is 0 Å². The van der Waals surface area contributed by atoms with Gasteiger partial charge in [-0.2, -0.15) is 0 Å². The van der Waals surface area contributed by atoms with Gasteiger partial charge >= 0.3 is 5.97 Å². The summed E-state index contributed by atoms with van der Waals surface area (Å²) in [6, 6.07) is 2.63. The number of aliphatic carboxylic acids is 1. The van der Waals surface area contributed by atoms with Gasteiger partial charge in [-0.1, -0.05) is 0 Å². The molecule has 7 heteroatoms. The molecule has 1 amide bonds. The fraction of sp³-hybridized carbons (Fsp3) is 0.500. The molecule has 2 rings (SSSR count). The second-order valence-electron chi connectivity index (χ2n) is 5.62. The van der Waals surface area contributed by atoms with E-state index in [1.54, 1.807) is 23.2 Å². The van der Waals surface area contributed by atoms with Crippen molar-refractivity contribution in [3.63, 3.8) is 0 Å². The first kappa shape index (κ1) is 15.4. The Morgan fingerprint density at radius 1 is 1.57 bits per heavy atom. The van der Waals surface area contributed by atoms with Crippen LogP contribution in [-0.2, 0) is 14.3 Å². The van der Waals surface area contributed by atoms with E-state index in [0.717, 1.165) is 0 Å². The molecule has 114 valence electrons. The Morgan fingerprint density at radius 2 is 2.33 bits per heavy atom. The minimum absolute atomic E-state index is 0.00134. The monoisotopic (exact) mass is 293 g/mol. The summed E-state index contributed by atoms with van der Waals surface area (Å²) in [6.45, 7) is 4.19. The topological polar surface area (TPSA) is 91.8 Å². The Balaban J connectivity index is 2.00. The summed E-state index contributed by atoms with van der Waals surface area (Å²) in [5, 5.41) is 11.9. The number of aromatic nitrogens is 1. The normalized spacial score (nSPS) is 21.7. The van der Waals surface area contributed by atoms with Crippen LogP contribution >= 0.6 is 0 Å². The van der Waals surface area contributed by atoms with Crippen molar-refractivity contribution in [2.75, 3.05) is 25.0 Å². The van der Waals surface area contributed by atoms with Gasteiger partial charge in [0.05, 0.1) is 30.6 Å². The first-order chi connectivity index (χ1) is 9.87. The average Bonchev–Trinajstić information content (AvgIpc) is 2.38. The highest BCUT2D eigenvalue weighted by molar-refractivity contribution is 5.92. The van der Waals surface area contributed by atoms with Crippen molar-refractivity contribution in [1.82, 2.24) is 9.88 Å². The average molecular weight is 293 g/mol. The molecule has 0 spiro atoms. The third-order valence-electron chi connectivity index (χ3n) is 3.23. The highest BCUT2D eigenvalue weighted by Gasteiger charge is 2.38. The lowest BCUT2D eigenvalue weighted by Crippen LogP contribution is -2.58. The number of hydrogen-bond donors (Lipinski definition) is 2. The van der Waals surface area contributed by atoms with Crippen LogP contribution in [0.3, 0.4) is 0 Å². The summed E-state index contributed by atoms with van der Waals surface area (Å²) in [5.41, 5.74) is 0.113. The Morgan fingerprint density at radius 3 is 2.95 bits per heavy atom. The van der Waals surface area contributed by atoms with Gasteiger partial charge in [0.1, 0.15) is 6.04 Å². The van der Waals surface area contributed by atoms with Crippen molar-refractivity contribution in [3.8, 4) is 0 Å². The fourth-order valence-corrected chi connectivity index (χ4v) is 2.27. The Labute approximate surface area is 122 Å². The number of carboxylic acid groups (broad SMARTS) is 1. The Kier molecular flexibility index (Phi) is 4.54. The van der Waals surface area contributed by atoms with E-state index in [1.165, 1.54) is 6.20 Å². The molecule has 0 bridgehead atoms. The lowest BCUT2D eigenvalue weighted by molar-refractivity contribution is -0.162. The second-order valence-corrected chi connectivity index (χ2v) is 5.62. The van der Waals surface area contributed by atoms with Crippen molar-refractivity contribution in [2.24, 2.45) is 0 Å². The number of amides is 1. The summed E-state index contributed by atoms with van der Waals surface area (Å²) < 4.78 is 5.51. The van der Waals surface area contributed by atoms with Crippen LogP contribution in [0.25, 0.3) is 0 Å². The summed E-state index contributed by atoms with van der Waals surface area (Å²) in [4.78, 5) is 28.8. The zero-order valence-electron chi connectivity index (χ0n) is 12.1. The molecule has 0 unspecified atom stereocenters. The maximum Gasteiger partial charge on any atom is 0.323 e. The number of carbonyl (C=O) groups excluding carboxylic acids is 1. The van der Waals surface area contributed by atoms with E-state index in [4.69, 9.17) is 4.74 Å². The minimum Gasteiger partial charge on any atom is -0.480 e. The van der Waals surface area contributed by atoms with Crippen LogP contribution in [0.1, 0.15) is 13.8 Å². The number of rotatable bonds is 4. The molecule has 1 aromatic rings. The molecule has 1 aliphatic rings. The molecular weight excluding hydrogens is 274 g/mol. The zero-order valence-corrected chi connectivity index (χ0v) is 12.1. The number of hydrogen-bond acceptors (Lipinski definition) is 5. The molecular formula is C14H19N3O4. The predicted octanol–water partition coefficient (Wildman–Crippen LogP) is 0.584. The van der Waals surface area contributed by atoms with Gasteiger partial charge in [0.2, 0.25) is 5.91 Å².